The van der Waals surface area contributed by atoms with Crippen LogP contribution in [0.25, 0.3) is 0 Å². The third-order valence-electron chi connectivity index (χ3n) is 3.23. The maximum absolute atomic E-state index is 12.2. The van der Waals surface area contributed by atoms with Crippen molar-refractivity contribution in [1.29, 1.82) is 0 Å². The van der Waals surface area contributed by atoms with E-state index < -0.39 is 17.9 Å². The summed E-state index contributed by atoms with van der Waals surface area (Å²) in [5, 5.41) is 7.87. The molecular formula is C17H33N3O3. The van der Waals surface area contributed by atoms with Crippen molar-refractivity contribution in [3.8, 4) is 0 Å². The van der Waals surface area contributed by atoms with Gasteiger partial charge in [-0.1, -0.05) is 47.0 Å². The van der Waals surface area contributed by atoms with E-state index in [0.717, 1.165) is 25.7 Å². The van der Waals surface area contributed by atoms with Crippen molar-refractivity contribution in [1.82, 2.24) is 16.0 Å². The molecule has 0 heterocycles. The topological polar surface area (TPSA) is 87.3 Å². The van der Waals surface area contributed by atoms with E-state index in [1.807, 2.05) is 20.8 Å². The van der Waals surface area contributed by atoms with Crippen LogP contribution in [0.15, 0.2) is 0 Å². The lowest BCUT2D eigenvalue weighted by Crippen LogP contribution is -2.56. The molecule has 23 heavy (non-hydrogen) atoms. The number of hydrogen-bond acceptors (Lipinski definition) is 3. The largest absolute Gasteiger partial charge is 0.354 e. The maximum atomic E-state index is 12.2. The van der Waals surface area contributed by atoms with Crippen molar-refractivity contribution >= 4 is 17.7 Å². The molecule has 1 unspecified atom stereocenters. The molecule has 0 aromatic heterocycles. The van der Waals surface area contributed by atoms with Gasteiger partial charge < -0.3 is 16.0 Å². The second-order valence-corrected chi connectivity index (χ2v) is 6.98. The van der Waals surface area contributed by atoms with Crippen LogP contribution in [0.4, 0.5) is 0 Å². The second-order valence-electron chi connectivity index (χ2n) is 6.98. The number of carbonyl (C=O) groups excluding carboxylic acids is 3. The van der Waals surface area contributed by atoms with Gasteiger partial charge in [0.2, 0.25) is 5.91 Å². The van der Waals surface area contributed by atoms with Gasteiger partial charge in [-0.05, 0) is 18.8 Å². The lowest BCUT2D eigenvalue weighted by atomic mass is 9.97. The van der Waals surface area contributed by atoms with E-state index in [1.54, 1.807) is 6.92 Å². The van der Waals surface area contributed by atoms with E-state index in [4.69, 9.17) is 0 Å². The van der Waals surface area contributed by atoms with Gasteiger partial charge in [-0.3, -0.25) is 14.4 Å². The predicted molar refractivity (Wildman–Crippen MR) is 91.8 cm³/mol. The van der Waals surface area contributed by atoms with Gasteiger partial charge in [0.25, 0.3) is 11.8 Å². The molecule has 0 aromatic carbocycles. The Kier molecular flexibility index (Phi) is 10.3. The van der Waals surface area contributed by atoms with Crippen molar-refractivity contribution in [3.05, 3.63) is 0 Å². The Morgan fingerprint density at radius 1 is 0.913 bits per heavy atom. The minimum Gasteiger partial charge on any atom is -0.354 e. The van der Waals surface area contributed by atoms with Gasteiger partial charge in [0.15, 0.2) is 6.04 Å². The number of rotatable bonds is 10. The molecule has 3 N–H and O–H groups in total. The first-order valence-electron chi connectivity index (χ1n) is 8.56. The molecule has 0 saturated carbocycles. The SMILES string of the molecule is CCCCCCC(=O)NC(C(=O)NCC)C(=O)NCC(C)(C)C. The maximum Gasteiger partial charge on any atom is 0.252 e. The number of likely N-dealkylation sites (N-methyl/N-ethyl adjacent to an activating group) is 1. The van der Waals surface area contributed by atoms with Crippen LogP contribution >= 0.6 is 0 Å². The van der Waals surface area contributed by atoms with Crippen LogP contribution < -0.4 is 16.0 Å². The molecule has 0 aromatic rings. The molecule has 6 nitrogen and oxygen atoms in total. The van der Waals surface area contributed by atoms with Crippen molar-refractivity contribution < 1.29 is 14.4 Å². The Morgan fingerprint density at radius 3 is 2.04 bits per heavy atom. The summed E-state index contributed by atoms with van der Waals surface area (Å²) < 4.78 is 0. The highest BCUT2D eigenvalue weighted by atomic mass is 16.2. The molecule has 0 spiro atoms. The quantitative estimate of drug-likeness (QED) is 0.422. The van der Waals surface area contributed by atoms with Crippen LogP contribution in [-0.2, 0) is 14.4 Å². The summed E-state index contributed by atoms with van der Waals surface area (Å²) in [5.41, 5.74) is -0.0917. The van der Waals surface area contributed by atoms with Gasteiger partial charge >= 0.3 is 0 Å². The molecular weight excluding hydrogens is 294 g/mol. The Morgan fingerprint density at radius 2 is 1.52 bits per heavy atom. The van der Waals surface area contributed by atoms with Crippen LogP contribution in [0.3, 0.4) is 0 Å². The van der Waals surface area contributed by atoms with Crippen LogP contribution in [0.5, 0.6) is 0 Å². The molecule has 0 aliphatic heterocycles. The monoisotopic (exact) mass is 327 g/mol. The zero-order chi connectivity index (χ0) is 17.9. The summed E-state index contributed by atoms with van der Waals surface area (Å²) >= 11 is 0. The van der Waals surface area contributed by atoms with E-state index in [1.165, 1.54) is 0 Å². The molecule has 0 aliphatic rings. The second kappa shape index (κ2) is 11.0. The van der Waals surface area contributed by atoms with Gasteiger partial charge in [-0.2, -0.15) is 0 Å². The molecule has 0 rings (SSSR count). The fraction of sp³-hybridized carbons (Fsp3) is 0.824. The lowest BCUT2D eigenvalue weighted by Gasteiger charge is -2.22. The van der Waals surface area contributed by atoms with E-state index in [-0.39, 0.29) is 11.3 Å². The van der Waals surface area contributed by atoms with Gasteiger partial charge in [0.05, 0.1) is 0 Å². The molecule has 1 atom stereocenters. The highest BCUT2D eigenvalue weighted by Crippen LogP contribution is 2.10. The fourth-order valence-corrected chi connectivity index (χ4v) is 1.93. The normalized spacial score (nSPS) is 12.4. The van der Waals surface area contributed by atoms with E-state index in [0.29, 0.717) is 19.5 Å². The first-order chi connectivity index (χ1) is 10.7. The molecule has 0 saturated heterocycles. The van der Waals surface area contributed by atoms with E-state index in [9.17, 15) is 14.4 Å². The van der Waals surface area contributed by atoms with Gasteiger partial charge in [0, 0.05) is 19.5 Å². The van der Waals surface area contributed by atoms with Crippen LogP contribution in [-0.4, -0.2) is 36.9 Å². The summed E-state index contributed by atoms with van der Waals surface area (Å²) in [6.07, 6.45) is 4.26. The Hall–Kier alpha value is -1.59. The summed E-state index contributed by atoms with van der Waals surface area (Å²) in [6, 6.07) is -1.17. The Balaban J connectivity index is 4.59. The lowest BCUT2D eigenvalue weighted by molar-refractivity contribution is -0.136. The molecule has 0 aliphatic carbocycles. The highest BCUT2D eigenvalue weighted by Gasteiger charge is 2.28. The van der Waals surface area contributed by atoms with Gasteiger partial charge in [0.1, 0.15) is 0 Å². The number of hydrogen-bond donors (Lipinski definition) is 3. The Labute approximate surface area is 140 Å². The zero-order valence-corrected chi connectivity index (χ0v) is 15.3. The molecule has 0 fully saturated rings. The third kappa shape index (κ3) is 10.7. The van der Waals surface area contributed by atoms with Crippen molar-refractivity contribution in [2.45, 2.75) is 72.8 Å². The van der Waals surface area contributed by atoms with E-state index in [2.05, 4.69) is 22.9 Å². The van der Waals surface area contributed by atoms with Gasteiger partial charge in [-0.15, -0.1) is 0 Å². The average molecular weight is 327 g/mol. The summed E-state index contributed by atoms with van der Waals surface area (Å²) in [5.74, 6) is -1.20. The zero-order valence-electron chi connectivity index (χ0n) is 15.3. The first kappa shape index (κ1) is 21.4. The van der Waals surface area contributed by atoms with E-state index >= 15 is 0 Å². The van der Waals surface area contributed by atoms with Crippen LogP contribution in [0, 0.1) is 5.41 Å². The minimum atomic E-state index is -1.17. The molecule has 0 radical (unpaired) electrons. The molecule has 0 bridgehead atoms. The van der Waals surface area contributed by atoms with Crippen molar-refractivity contribution in [3.63, 3.8) is 0 Å². The molecule has 134 valence electrons. The third-order valence-corrected chi connectivity index (χ3v) is 3.23. The number of nitrogens with one attached hydrogen (secondary N) is 3. The number of carbonyl (C=O) groups is 3. The number of amides is 3. The first-order valence-corrected chi connectivity index (χ1v) is 8.56. The summed E-state index contributed by atoms with van der Waals surface area (Å²) in [7, 11) is 0. The number of unbranched alkanes of at least 4 members (excludes halogenated alkanes) is 3. The van der Waals surface area contributed by atoms with Crippen molar-refractivity contribution in [2.24, 2.45) is 5.41 Å². The minimum absolute atomic E-state index is 0.0917. The van der Waals surface area contributed by atoms with Crippen LogP contribution in [0.2, 0.25) is 0 Å². The van der Waals surface area contributed by atoms with Crippen LogP contribution in [0.1, 0.15) is 66.7 Å². The Bertz CT molecular complexity index is 389. The predicted octanol–water partition coefficient (Wildman–Crippen LogP) is 1.74. The molecule has 6 heteroatoms. The smallest absolute Gasteiger partial charge is 0.252 e. The summed E-state index contributed by atoms with van der Waals surface area (Å²) in [4.78, 5) is 36.2. The van der Waals surface area contributed by atoms with Crippen molar-refractivity contribution in [2.75, 3.05) is 13.1 Å². The summed E-state index contributed by atoms with van der Waals surface area (Å²) in [6.45, 7) is 10.7. The average Bonchev–Trinajstić information content (AvgIpc) is 2.46. The fourth-order valence-electron chi connectivity index (χ4n) is 1.93. The standard InChI is InChI=1S/C17H33N3O3/c1-6-8-9-10-11-13(21)20-14(15(22)18-7-2)16(23)19-12-17(3,4)5/h14H,6-12H2,1-5H3,(H,18,22)(H,19,23)(H,20,21). The highest BCUT2D eigenvalue weighted by molar-refractivity contribution is 6.06. The molecule has 3 amide bonds. The van der Waals surface area contributed by atoms with Gasteiger partial charge in [-0.25, -0.2) is 0 Å².